The van der Waals surface area contributed by atoms with Gasteiger partial charge in [0.15, 0.2) is 0 Å². The maximum Gasteiger partial charge on any atom is 0.239 e. The van der Waals surface area contributed by atoms with Crippen molar-refractivity contribution in [2.45, 2.75) is 52.2 Å². The van der Waals surface area contributed by atoms with Gasteiger partial charge in [0.05, 0.1) is 11.8 Å². The van der Waals surface area contributed by atoms with Gasteiger partial charge in [0.1, 0.15) is 11.4 Å². The zero-order valence-corrected chi connectivity index (χ0v) is 13.5. The molecule has 1 unspecified atom stereocenters. The van der Waals surface area contributed by atoms with Gasteiger partial charge in [-0.1, -0.05) is 0 Å². The molecule has 0 aromatic carbocycles. The first-order chi connectivity index (χ1) is 9.76. The summed E-state index contributed by atoms with van der Waals surface area (Å²) in [4.78, 5) is 6.80. The number of nitrogens with two attached hydrogens (primary N) is 1. The second kappa shape index (κ2) is 6.10. The summed E-state index contributed by atoms with van der Waals surface area (Å²) in [5.41, 5.74) is 6.19. The number of hydrogen-bond acceptors (Lipinski definition) is 5. The van der Waals surface area contributed by atoms with Gasteiger partial charge in [0, 0.05) is 13.1 Å². The fraction of sp³-hybridized carbons (Fsp3) is 0.688. The summed E-state index contributed by atoms with van der Waals surface area (Å²) in [6, 6.07) is 3.79. The van der Waals surface area contributed by atoms with Gasteiger partial charge < -0.3 is 20.5 Å². The van der Waals surface area contributed by atoms with Gasteiger partial charge in [-0.15, -0.1) is 0 Å². The Bertz CT molecular complexity index is 475. The van der Waals surface area contributed by atoms with Crippen LogP contribution in [0.25, 0.3) is 0 Å². The molecular formula is C16H27N3O2. The van der Waals surface area contributed by atoms with Crippen molar-refractivity contribution in [1.29, 1.82) is 0 Å². The normalized spacial score (nSPS) is 18.6. The highest BCUT2D eigenvalue weighted by atomic mass is 16.5. The van der Waals surface area contributed by atoms with E-state index in [1.54, 1.807) is 0 Å². The Morgan fingerprint density at radius 1 is 1.33 bits per heavy atom. The number of rotatable bonds is 3. The molecule has 1 fully saturated rings. The molecule has 118 valence electrons. The molecule has 0 aliphatic carbocycles. The van der Waals surface area contributed by atoms with Crippen LogP contribution in [0.2, 0.25) is 0 Å². The van der Waals surface area contributed by atoms with E-state index in [1.807, 2.05) is 39.8 Å². The fourth-order valence-corrected chi connectivity index (χ4v) is 2.60. The van der Waals surface area contributed by atoms with E-state index in [4.69, 9.17) is 10.5 Å². The minimum atomic E-state index is -0.320. The van der Waals surface area contributed by atoms with Crippen LogP contribution in [0.3, 0.4) is 0 Å². The number of nitrogen functional groups attached to an aromatic ring is 1. The van der Waals surface area contributed by atoms with Crippen molar-refractivity contribution in [3.05, 3.63) is 12.1 Å². The monoisotopic (exact) mass is 293 g/mol. The molecular weight excluding hydrogens is 266 g/mol. The van der Waals surface area contributed by atoms with E-state index in [2.05, 4.69) is 9.88 Å². The van der Waals surface area contributed by atoms with Gasteiger partial charge in [-0.25, -0.2) is 0 Å². The zero-order valence-electron chi connectivity index (χ0n) is 13.5. The molecule has 0 bridgehead atoms. The second-order valence-electron chi connectivity index (χ2n) is 6.84. The highest BCUT2D eigenvalue weighted by Gasteiger charge is 2.24. The lowest BCUT2D eigenvalue weighted by molar-refractivity contribution is 0.109. The van der Waals surface area contributed by atoms with Crippen molar-refractivity contribution in [2.75, 3.05) is 23.7 Å². The third-order valence-electron chi connectivity index (χ3n) is 3.82. The van der Waals surface area contributed by atoms with Crippen LogP contribution < -0.4 is 15.4 Å². The molecule has 3 N–H and O–H groups in total. The van der Waals surface area contributed by atoms with Crippen molar-refractivity contribution in [3.63, 3.8) is 0 Å². The molecule has 1 aromatic rings. The lowest BCUT2D eigenvalue weighted by atomic mass is 9.92. The molecule has 2 heterocycles. The number of hydrogen-bond donors (Lipinski definition) is 2. The van der Waals surface area contributed by atoms with E-state index in [1.165, 1.54) is 0 Å². The molecule has 5 heteroatoms. The van der Waals surface area contributed by atoms with Gasteiger partial charge >= 0.3 is 0 Å². The summed E-state index contributed by atoms with van der Waals surface area (Å²) < 4.78 is 5.82. The van der Waals surface area contributed by atoms with Crippen LogP contribution >= 0.6 is 0 Å². The molecule has 1 aromatic heterocycles. The number of pyridine rings is 1. The van der Waals surface area contributed by atoms with Gasteiger partial charge in [-0.2, -0.15) is 4.98 Å². The lowest BCUT2D eigenvalue weighted by Gasteiger charge is -2.34. The van der Waals surface area contributed by atoms with E-state index in [-0.39, 0.29) is 11.7 Å². The first kappa shape index (κ1) is 15.9. The molecule has 1 aliphatic heterocycles. The number of nitrogens with zero attached hydrogens (tertiary/aromatic N) is 2. The van der Waals surface area contributed by atoms with Crippen LogP contribution in [0.15, 0.2) is 12.1 Å². The first-order valence-electron chi connectivity index (χ1n) is 7.65. The molecule has 0 spiro atoms. The summed E-state index contributed by atoms with van der Waals surface area (Å²) >= 11 is 0. The van der Waals surface area contributed by atoms with Crippen molar-refractivity contribution in [2.24, 2.45) is 5.92 Å². The SMILES string of the molecule is CC(O)C1CCN(c2ccc(N)c(OC(C)(C)C)n2)CC1. The standard InChI is InChI=1S/C16H27N3O2/c1-11(20)12-7-9-19(10-8-12)14-6-5-13(17)15(18-14)21-16(2,3)4/h5-6,11-12,20H,7-10,17H2,1-4H3. The van der Waals surface area contributed by atoms with Crippen molar-refractivity contribution >= 4 is 11.5 Å². The van der Waals surface area contributed by atoms with Crippen molar-refractivity contribution in [1.82, 2.24) is 4.98 Å². The molecule has 0 saturated carbocycles. The van der Waals surface area contributed by atoms with Gasteiger partial charge in [0.25, 0.3) is 0 Å². The highest BCUT2D eigenvalue weighted by Crippen LogP contribution is 2.29. The van der Waals surface area contributed by atoms with Crippen LogP contribution in [0.4, 0.5) is 11.5 Å². The third-order valence-corrected chi connectivity index (χ3v) is 3.82. The molecule has 0 amide bonds. The number of anilines is 2. The summed E-state index contributed by atoms with van der Waals surface area (Å²) in [6.07, 6.45) is 1.74. The van der Waals surface area contributed by atoms with Crippen molar-refractivity contribution < 1.29 is 9.84 Å². The smallest absolute Gasteiger partial charge is 0.239 e. The van der Waals surface area contributed by atoms with E-state index < -0.39 is 0 Å². The maximum atomic E-state index is 9.67. The predicted octanol–water partition coefficient (Wildman–Crippen LogP) is 2.44. The molecule has 0 radical (unpaired) electrons. The highest BCUT2D eigenvalue weighted by molar-refractivity contribution is 5.54. The van der Waals surface area contributed by atoms with E-state index >= 15 is 0 Å². The number of aromatic nitrogens is 1. The number of aliphatic hydroxyl groups is 1. The molecule has 1 aliphatic rings. The topological polar surface area (TPSA) is 71.6 Å². The third kappa shape index (κ3) is 4.24. The Morgan fingerprint density at radius 3 is 2.48 bits per heavy atom. The average molecular weight is 293 g/mol. The van der Waals surface area contributed by atoms with E-state index in [0.29, 0.717) is 17.5 Å². The largest absolute Gasteiger partial charge is 0.470 e. The Balaban J connectivity index is 2.09. The second-order valence-corrected chi connectivity index (χ2v) is 6.84. The summed E-state index contributed by atoms with van der Waals surface area (Å²) in [5.74, 6) is 1.78. The summed E-state index contributed by atoms with van der Waals surface area (Å²) in [5, 5.41) is 9.67. The lowest BCUT2D eigenvalue weighted by Crippen LogP contribution is -2.37. The van der Waals surface area contributed by atoms with Crippen molar-refractivity contribution in [3.8, 4) is 5.88 Å². The Morgan fingerprint density at radius 2 is 1.95 bits per heavy atom. The molecule has 5 nitrogen and oxygen atoms in total. The maximum absolute atomic E-state index is 9.67. The Hall–Kier alpha value is -1.49. The molecule has 2 rings (SSSR count). The first-order valence-corrected chi connectivity index (χ1v) is 7.65. The average Bonchev–Trinajstić information content (AvgIpc) is 2.40. The van der Waals surface area contributed by atoms with Crippen LogP contribution in [0.5, 0.6) is 5.88 Å². The quantitative estimate of drug-likeness (QED) is 0.895. The minimum absolute atomic E-state index is 0.230. The fourth-order valence-electron chi connectivity index (χ4n) is 2.60. The van der Waals surface area contributed by atoms with Crippen LogP contribution in [0.1, 0.15) is 40.5 Å². The predicted molar refractivity (Wildman–Crippen MR) is 85.6 cm³/mol. The number of ether oxygens (including phenoxy) is 1. The van der Waals surface area contributed by atoms with Gasteiger partial charge in [-0.3, -0.25) is 0 Å². The van der Waals surface area contributed by atoms with Crippen LogP contribution in [-0.4, -0.2) is 34.9 Å². The molecule has 1 saturated heterocycles. The minimum Gasteiger partial charge on any atom is -0.470 e. The number of piperidine rings is 1. The molecule has 21 heavy (non-hydrogen) atoms. The van der Waals surface area contributed by atoms with Crippen LogP contribution in [0, 0.1) is 5.92 Å². The van der Waals surface area contributed by atoms with Crippen LogP contribution in [-0.2, 0) is 0 Å². The Kier molecular flexibility index (Phi) is 4.61. The summed E-state index contributed by atoms with van der Waals surface area (Å²) in [6.45, 7) is 9.62. The zero-order chi connectivity index (χ0) is 15.6. The van der Waals surface area contributed by atoms with Gasteiger partial charge in [-0.05, 0) is 58.6 Å². The Labute approximate surface area is 127 Å². The summed E-state index contributed by atoms with van der Waals surface area (Å²) in [7, 11) is 0. The number of aliphatic hydroxyl groups excluding tert-OH is 1. The molecule has 1 atom stereocenters. The van der Waals surface area contributed by atoms with E-state index in [0.717, 1.165) is 31.7 Å². The van der Waals surface area contributed by atoms with Gasteiger partial charge in [0.2, 0.25) is 5.88 Å². The van der Waals surface area contributed by atoms with E-state index in [9.17, 15) is 5.11 Å².